The zero-order chi connectivity index (χ0) is 11.4. The van der Waals surface area contributed by atoms with Crippen LogP contribution in [0.4, 0.5) is 0 Å². The molecule has 5 heteroatoms. The first-order valence-electron chi connectivity index (χ1n) is 5.75. The van der Waals surface area contributed by atoms with Crippen LogP contribution in [0.25, 0.3) is 0 Å². The molecule has 0 aliphatic carbocycles. The van der Waals surface area contributed by atoms with Crippen LogP contribution in [-0.2, 0) is 11.3 Å². The van der Waals surface area contributed by atoms with Gasteiger partial charge in [0.1, 0.15) is 0 Å². The zero-order valence-corrected chi connectivity index (χ0v) is 11.6. The molecule has 0 radical (unpaired) electrons. The number of nitrogens with one attached hydrogen (secondary N) is 1. The summed E-state index contributed by atoms with van der Waals surface area (Å²) < 4.78 is 0. The van der Waals surface area contributed by atoms with Gasteiger partial charge in [0.2, 0.25) is 5.91 Å². The van der Waals surface area contributed by atoms with Gasteiger partial charge in [0.25, 0.3) is 0 Å². The highest BCUT2D eigenvalue weighted by molar-refractivity contribution is 7.09. The summed E-state index contributed by atoms with van der Waals surface area (Å²) in [5.41, 5.74) is 0. The van der Waals surface area contributed by atoms with Gasteiger partial charge in [0, 0.05) is 17.8 Å². The van der Waals surface area contributed by atoms with Gasteiger partial charge in [-0.15, -0.1) is 23.7 Å². The van der Waals surface area contributed by atoms with Gasteiger partial charge < -0.3 is 10.2 Å². The van der Waals surface area contributed by atoms with Crippen LogP contribution in [-0.4, -0.2) is 30.9 Å². The maximum absolute atomic E-state index is 12.1. The van der Waals surface area contributed by atoms with Gasteiger partial charge in [0.05, 0.1) is 6.54 Å². The molecule has 1 N–H and O–H groups in total. The van der Waals surface area contributed by atoms with Crippen molar-refractivity contribution in [1.82, 2.24) is 10.2 Å². The summed E-state index contributed by atoms with van der Waals surface area (Å²) in [6, 6.07) is 4.11. The molecule has 17 heavy (non-hydrogen) atoms. The van der Waals surface area contributed by atoms with Gasteiger partial charge in [-0.2, -0.15) is 0 Å². The monoisotopic (exact) mass is 274 g/mol. The number of hydrogen-bond acceptors (Lipinski definition) is 3. The Balaban J connectivity index is 0.00000144. The largest absolute Gasteiger partial charge is 0.340 e. The van der Waals surface area contributed by atoms with Gasteiger partial charge in [-0.05, 0) is 37.4 Å². The van der Waals surface area contributed by atoms with Crippen molar-refractivity contribution in [2.75, 3.05) is 20.1 Å². The standard InChI is InChI=1S/C12H18N2OS.ClH/c1-14(9-11-3-2-8-16-11)12(15)10-4-6-13-7-5-10;/h2-3,8,10,13H,4-7,9H2,1H3;1H. The third kappa shape index (κ3) is 3.98. The van der Waals surface area contributed by atoms with Crippen LogP contribution < -0.4 is 5.32 Å². The predicted octanol–water partition coefficient (Wildman–Crippen LogP) is 2.13. The second-order valence-electron chi connectivity index (χ2n) is 4.30. The first-order chi connectivity index (χ1) is 7.77. The van der Waals surface area contributed by atoms with E-state index in [-0.39, 0.29) is 18.3 Å². The molecule has 0 unspecified atom stereocenters. The molecule has 96 valence electrons. The highest BCUT2D eigenvalue weighted by Gasteiger charge is 2.23. The number of carbonyl (C=O) groups excluding carboxylic acids is 1. The summed E-state index contributed by atoms with van der Waals surface area (Å²) in [7, 11) is 1.91. The highest BCUT2D eigenvalue weighted by Crippen LogP contribution is 2.17. The Hall–Kier alpha value is -0.580. The molecule has 0 saturated carbocycles. The van der Waals surface area contributed by atoms with Crippen LogP contribution in [0.5, 0.6) is 0 Å². The number of nitrogens with zero attached hydrogens (tertiary/aromatic N) is 1. The fourth-order valence-corrected chi connectivity index (χ4v) is 2.85. The van der Waals surface area contributed by atoms with E-state index >= 15 is 0 Å². The van der Waals surface area contributed by atoms with Crippen LogP contribution in [0.3, 0.4) is 0 Å². The lowest BCUT2D eigenvalue weighted by molar-refractivity contribution is -0.135. The molecule has 0 atom stereocenters. The highest BCUT2D eigenvalue weighted by atomic mass is 35.5. The van der Waals surface area contributed by atoms with E-state index < -0.39 is 0 Å². The minimum absolute atomic E-state index is 0. The van der Waals surface area contributed by atoms with E-state index in [4.69, 9.17) is 0 Å². The topological polar surface area (TPSA) is 32.3 Å². The quantitative estimate of drug-likeness (QED) is 0.916. The molecule has 2 heterocycles. The fourth-order valence-electron chi connectivity index (χ4n) is 2.09. The van der Waals surface area contributed by atoms with Crippen LogP contribution >= 0.6 is 23.7 Å². The van der Waals surface area contributed by atoms with Crippen molar-refractivity contribution in [3.05, 3.63) is 22.4 Å². The molecule has 0 spiro atoms. The van der Waals surface area contributed by atoms with E-state index in [1.54, 1.807) is 11.3 Å². The Bertz CT molecular complexity index is 336. The lowest BCUT2D eigenvalue weighted by Crippen LogP contribution is -2.38. The van der Waals surface area contributed by atoms with E-state index in [2.05, 4.69) is 16.8 Å². The molecule has 1 aromatic heterocycles. The van der Waals surface area contributed by atoms with Crippen LogP contribution in [0.15, 0.2) is 17.5 Å². The SMILES string of the molecule is CN(Cc1cccs1)C(=O)C1CCNCC1.Cl. The van der Waals surface area contributed by atoms with Crippen molar-refractivity contribution in [2.24, 2.45) is 5.92 Å². The first kappa shape index (κ1) is 14.5. The normalized spacial score (nSPS) is 16.3. The number of rotatable bonds is 3. The second-order valence-corrected chi connectivity index (χ2v) is 5.33. The third-order valence-electron chi connectivity index (χ3n) is 3.04. The van der Waals surface area contributed by atoms with E-state index in [9.17, 15) is 4.79 Å². The summed E-state index contributed by atoms with van der Waals surface area (Å²) in [6.07, 6.45) is 1.96. The first-order valence-corrected chi connectivity index (χ1v) is 6.63. The molecule has 1 aliphatic heterocycles. The molecule has 1 aromatic rings. The van der Waals surface area contributed by atoms with E-state index in [0.29, 0.717) is 5.91 Å². The maximum Gasteiger partial charge on any atom is 0.225 e. The third-order valence-corrected chi connectivity index (χ3v) is 3.90. The van der Waals surface area contributed by atoms with E-state index in [1.165, 1.54) is 4.88 Å². The summed E-state index contributed by atoms with van der Waals surface area (Å²) >= 11 is 1.71. The summed E-state index contributed by atoms with van der Waals surface area (Å²) in [4.78, 5) is 15.2. The van der Waals surface area contributed by atoms with Gasteiger partial charge in [0.15, 0.2) is 0 Å². The molecule has 0 bridgehead atoms. The van der Waals surface area contributed by atoms with Crippen molar-refractivity contribution in [3.8, 4) is 0 Å². The van der Waals surface area contributed by atoms with Crippen molar-refractivity contribution in [3.63, 3.8) is 0 Å². The number of halogens is 1. The Morgan fingerprint density at radius 1 is 1.53 bits per heavy atom. The smallest absolute Gasteiger partial charge is 0.225 e. The van der Waals surface area contributed by atoms with E-state index in [1.807, 2.05) is 18.0 Å². The van der Waals surface area contributed by atoms with Crippen molar-refractivity contribution in [1.29, 1.82) is 0 Å². The summed E-state index contributed by atoms with van der Waals surface area (Å²) in [5.74, 6) is 0.529. The molecule has 3 nitrogen and oxygen atoms in total. The number of thiophene rings is 1. The molecule has 1 aliphatic rings. The minimum atomic E-state index is 0. The van der Waals surface area contributed by atoms with Crippen molar-refractivity contribution >= 4 is 29.7 Å². The number of hydrogen-bond donors (Lipinski definition) is 1. The Morgan fingerprint density at radius 2 is 2.24 bits per heavy atom. The summed E-state index contributed by atoms with van der Waals surface area (Å²) in [6.45, 7) is 2.70. The number of piperidine rings is 1. The maximum atomic E-state index is 12.1. The molecule has 0 aromatic carbocycles. The van der Waals surface area contributed by atoms with Crippen LogP contribution in [0.1, 0.15) is 17.7 Å². The van der Waals surface area contributed by atoms with Crippen LogP contribution in [0, 0.1) is 5.92 Å². The average molecular weight is 275 g/mol. The lowest BCUT2D eigenvalue weighted by Gasteiger charge is -2.26. The Morgan fingerprint density at radius 3 is 2.82 bits per heavy atom. The predicted molar refractivity (Wildman–Crippen MR) is 73.6 cm³/mol. The number of carbonyl (C=O) groups is 1. The van der Waals surface area contributed by atoms with Gasteiger partial charge >= 0.3 is 0 Å². The molecule has 1 saturated heterocycles. The van der Waals surface area contributed by atoms with E-state index in [0.717, 1.165) is 32.5 Å². The number of amides is 1. The molecule has 2 rings (SSSR count). The second kappa shape index (κ2) is 6.99. The summed E-state index contributed by atoms with van der Waals surface area (Å²) in [5, 5.41) is 5.34. The molecule has 1 fully saturated rings. The molecular weight excluding hydrogens is 256 g/mol. The minimum Gasteiger partial charge on any atom is -0.340 e. The van der Waals surface area contributed by atoms with Crippen molar-refractivity contribution < 1.29 is 4.79 Å². The molecule has 1 amide bonds. The fraction of sp³-hybridized carbons (Fsp3) is 0.583. The zero-order valence-electron chi connectivity index (χ0n) is 10.0. The van der Waals surface area contributed by atoms with Gasteiger partial charge in [-0.1, -0.05) is 6.07 Å². The van der Waals surface area contributed by atoms with Crippen molar-refractivity contribution in [2.45, 2.75) is 19.4 Å². The molecular formula is C12H19ClN2OS. The lowest BCUT2D eigenvalue weighted by atomic mass is 9.97. The van der Waals surface area contributed by atoms with Crippen LogP contribution in [0.2, 0.25) is 0 Å². The Kier molecular flexibility index (Phi) is 5.95. The van der Waals surface area contributed by atoms with Gasteiger partial charge in [-0.3, -0.25) is 4.79 Å². The average Bonchev–Trinajstić information content (AvgIpc) is 2.82. The van der Waals surface area contributed by atoms with Gasteiger partial charge in [-0.25, -0.2) is 0 Å². The Labute approximate surface area is 113 Å².